The minimum atomic E-state index is 0.156. The van der Waals surface area contributed by atoms with Crippen molar-refractivity contribution in [1.82, 2.24) is 0 Å². The minimum Gasteiger partial charge on any atom is -0.0842 e. The third-order valence-corrected chi connectivity index (χ3v) is 18.9. The van der Waals surface area contributed by atoms with Gasteiger partial charge in [0.2, 0.25) is 0 Å². The molecule has 11 aliphatic rings. The van der Waals surface area contributed by atoms with Gasteiger partial charge in [-0.1, -0.05) is 243 Å². The van der Waals surface area contributed by atoms with E-state index < -0.39 is 0 Å². The first kappa shape index (κ1) is 45.6. The maximum atomic E-state index is 2.69. The lowest BCUT2D eigenvalue weighted by atomic mass is 9.62. The first-order chi connectivity index (χ1) is 37.7. The van der Waals surface area contributed by atoms with E-state index in [9.17, 15) is 0 Å². The van der Waals surface area contributed by atoms with E-state index in [0.29, 0.717) is 17.8 Å². The van der Waals surface area contributed by atoms with Crippen molar-refractivity contribution in [2.24, 2.45) is 35.5 Å². The van der Waals surface area contributed by atoms with Crippen LogP contribution in [0.2, 0.25) is 0 Å². The molecule has 0 amide bonds. The zero-order chi connectivity index (χ0) is 50.1. The number of hydrogen-bond donors (Lipinski definition) is 0. The summed E-state index contributed by atoms with van der Waals surface area (Å²) in [5, 5.41) is 5.64. The average Bonchev–Trinajstić information content (AvgIpc) is 3.60. The third kappa shape index (κ3) is 7.70. The van der Waals surface area contributed by atoms with Crippen LogP contribution in [0.4, 0.5) is 0 Å². The molecule has 0 spiro atoms. The molecule has 0 nitrogen and oxygen atoms in total. The van der Waals surface area contributed by atoms with Crippen molar-refractivity contribution in [2.75, 3.05) is 0 Å². The molecule has 0 aliphatic heterocycles. The maximum Gasteiger partial charge on any atom is 0.0140 e. The Morgan fingerprint density at radius 2 is 0.882 bits per heavy atom. The molecule has 0 N–H and O–H groups in total. The topological polar surface area (TPSA) is 0 Å². The zero-order valence-corrected chi connectivity index (χ0v) is 43.4. The molecule has 11 aliphatic carbocycles. The second-order valence-corrected chi connectivity index (χ2v) is 22.9. The van der Waals surface area contributed by atoms with Crippen LogP contribution in [0.15, 0.2) is 287 Å². The van der Waals surface area contributed by atoms with Gasteiger partial charge < -0.3 is 0 Å². The average molecular weight is 977 g/mol. The van der Waals surface area contributed by atoms with E-state index in [-0.39, 0.29) is 29.6 Å². The molecule has 0 bridgehead atoms. The summed E-state index contributed by atoms with van der Waals surface area (Å²) in [4.78, 5) is 0. The fraction of sp³-hybridized carbons (Fsp3) is 0.211. The molecule has 0 saturated heterocycles. The quantitative estimate of drug-likeness (QED) is 0.173. The highest BCUT2D eigenvalue weighted by molar-refractivity contribution is 5.88. The standard InChI is InChI=1S/C76H64/c1-3-20-51(21-4-1)68-44-54-25-7-10-28-57(54)47-72(68)76-66-36-18-17-35-65(66)74(60-37-19-29-50-22-11-12-30-59(50)60)67-43-42-58(48-70(67)76)49-38-40-52(41-39-49)69-45-55-26-8-9-27-56(55)46-71(69)75-63-33-15-13-31-61(63)73(53-23-5-2-6-24-53)62-32-14-16-34-64(62)75/h1-5,7-8,11-23,25-26,29-43,46-48,50,59,61,63,67-70H,6,9-10,24,27-28,44-45H2. The second kappa shape index (κ2) is 19.1. The van der Waals surface area contributed by atoms with E-state index in [1.54, 1.807) is 0 Å². The van der Waals surface area contributed by atoms with E-state index in [2.05, 4.69) is 243 Å². The van der Waals surface area contributed by atoms with Gasteiger partial charge in [0, 0.05) is 47.3 Å². The molecule has 76 heavy (non-hydrogen) atoms. The highest BCUT2D eigenvalue weighted by atomic mass is 14.4. The van der Waals surface area contributed by atoms with Gasteiger partial charge in [-0.3, -0.25) is 0 Å². The Morgan fingerprint density at radius 3 is 1.53 bits per heavy atom. The normalized spacial score (nSPS) is 28.3. The second-order valence-electron chi connectivity index (χ2n) is 22.9. The van der Waals surface area contributed by atoms with Gasteiger partial charge in [-0.25, -0.2) is 0 Å². The van der Waals surface area contributed by atoms with Crippen molar-refractivity contribution in [3.8, 4) is 0 Å². The van der Waals surface area contributed by atoms with Crippen molar-refractivity contribution >= 4 is 27.9 Å². The van der Waals surface area contributed by atoms with Crippen molar-refractivity contribution in [2.45, 2.75) is 63.2 Å². The summed E-state index contributed by atoms with van der Waals surface area (Å²) < 4.78 is 0. The molecule has 368 valence electrons. The Hall–Kier alpha value is -7.80. The SMILES string of the molecule is C1=CCCC(C2=c3ccccc3=C(C3=CC4=C(C=CCC4)CC3c3ccc(C4=CC5C(C6=CC7=C(C=CCC7)CC6c6ccccc6)=c6ccccc6=C(C6=CC=CC7C=CC=CC67)C5C=C4)cc3)C3C=CC=CC23)=C1. The molecular weight excluding hydrogens is 913 g/mol. The van der Waals surface area contributed by atoms with Gasteiger partial charge in [-0.05, 0) is 161 Å². The van der Waals surface area contributed by atoms with E-state index in [1.165, 1.54) is 110 Å². The molecule has 0 fully saturated rings. The van der Waals surface area contributed by atoms with Crippen LogP contribution in [0.25, 0.3) is 27.9 Å². The lowest BCUT2D eigenvalue weighted by Crippen LogP contribution is -2.42. The lowest BCUT2D eigenvalue weighted by molar-refractivity contribution is 0.608. The molecule has 15 rings (SSSR count). The first-order valence-electron chi connectivity index (χ1n) is 28.6. The zero-order valence-electron chi connectivity index (χ0n) is 43.4. The minimum absolute atomic E-state index is 0.156. The van der Waals surface area contributed by atoms with Gasteiger partial charge >= 0.3 is 0 Å². The predicted molar refractivity (Wildman–Crippen MR) is 318 cm³/mol. The molecule has 0 radical (unpaired) electrons. The van der Waals surface area contributed by atoms with Gasteiger partial charge in [0.1, 0.15) is 0 Å². The number of allylic oxidation sites excluding steroid dienone is 32. The highest BCUT2D eigenvalue weighted by Gasteiger charge is 2.41. The molecular formula is C76H64. The largest absolute Gasteiger partial charge is 0.0842 e. The first-order valence-corrected chi connectivity index (χ1v) is 28.6. The Morgan fingerprint density at radius 1 is 0.355 bits per heavy atom. The third-order valence-electron chi connectivity index (χ3n) is 18.9. The van der Waals surface area contributed by atoms with Crippen molar-refractivity contribution in [3.63, 3.8) is 0 Å². The molecule has 0 saturated carbocycles. The molecule has 0 heteroatoms. The molecule has 8 atom stereocenters. The van der Waals surface area contributed by atoms with Crippen molar-refractivity contribution < 1.29 is 0 Å². The van der Waals surface area contributed by atoms with Crippen LogP contribution in [-0.4, -0.2) is 0 Å². The molecule has 4 aromatic carbocycles. The van der Waals surface area contributed by atoms with E-state index in [0.717, 1.165) is 51.4 Å². The molecule has 0 aromatic heterocycles. The summed E-state index contributed by atoms with van der Waals surface area (Å²) >= 11 is 0. The maximum absolute atomic E-state index is 2.69. The van der Waals surface area contributed by atoms with Crippen molar-refractivity contribution in [3.05, 3.63) is 325 Å². The van der Waals surface area contributed by atoms with Crippen LogP contribution in [-0.2, 0) is 0 Å². The predicted octanol–water partition coefficient (Wildman–Crippen LogP) is 15.2. The van der Waals surface area contributed by atoms with Gasteiger partial charge in [0.25, 0.3) is 0 Å². The van der Waals surface area contributed by atoms with E-state index in [4.69, 9.17) is 0 Å². The molecule has 8 unspecified atom stereocenters. The summed E-state index contributed by atoms with van der Waals surface area (Å²) in [6, 6.07) is 40.1. The van der Waals surface area contributed by atoms with Gasteiger partial charge in [-0.15, -0.1) is 0 Å². The number of hydrogen-bond acceptors (Lipinski definition) is 0. The number of fused-ring (bicyclic) bond motifs is 5. The van der Waals surface area contributed by atoms with E-state index >= 15 is 0 Å². The van der Waals surface area contributed by atoms with Crippen LogP contribution in [0.1, 0.15) is 79.9 Å². The van der Waals surface area contributed by atoms with Crippen LogP contribution in [0, 0.1) is 35.5 Å². The summed E-state index contributed by atoms with van der Waals surface area (Å²) in [7, 11) is 0. The van der Waals surface area contributed by atoms with Crippen LogP contribution in [0.5, 0.6) is 0 Å². The summed E-state index contributed by atoms with van der Waals surface area (Å²) in [6.45, 7) is 0. The lowest BCUT2D eigenvalue weighted by Gasteiger charge is -2.41. The number of rotatable bonds is 7. The molecule has 0 heterocycles. The fourth-order valence-electron chi connectivity index (χ4n) is 15.4. The van der Waals surface area contributed by atoms with Crippen LogP contribution < -0.4 is 20.9 Å². The Bertz CT molecular complexity index is 3930. The van der Waals surface area contributed by atoms with Crippen LogP contribution in [0.3, 0.4) is 0 Å². The summed E-state index contributed by atoms with van der Waals surface area (Å²) in [6.07, 6.45) is 64.5. The molecule has 4 aromatic rings. The van der Waals surface area contributed by atoms with Gasteiger partial charge in [-0.2, -0.15) is 0 Å². The summed E-state index contributed by atoms with van der Waals surface area (Å²) in [5.74, 6) is 2.14. The highest BCUT2D eigenvalue weighted by Crippen LogP contribution is 2.53. The Kier molecular flexibility index (Phi) is 11.5. The number of benzene rings is 4. The Labute approximate surface area is 449 Å². The van der Waals surface area contributed by atoms with E-state index in [1.807, 2.05) is 0 Å². The van der Waals surface area contributed by atoms with Crippen molar-refractivity contribution in [1.29, 1.82) is 0 Å². The van der Waals surface area contributed by atoms with Gasteiger partial charge in [0.15, 0.2) is 0 Å². The Balaban J connectivity index is 0.872. The smallest absolute Gasteiger partial charge is 0.0140 e. The summed E-state index contributed by atoms with van der Waals surface area (Å²) in [5.41, 5.74) is 23.5. The fourth-order valence-corrected chi connectivity index (χ4v) is 15.4. The monoisotopic (exact) mass is 977 g/mol. The van der Waals surface area contributed by atoms with Gasteiger partial charge in [0.05, 0.1) is 0 Å². The van der Waals surface area contributed by atoms with Crippen LogP contribution >= 0.6 is 0 Å².